The van der Waals surface area contributed by atoms with Crippen LogP contribution in [0.5, 0.6) is 17.2 Å². The number of benzene rings is 2. The van der Waals surface area contributed by atoms with Crippen LogP contribution in [0.25, 0.3) is 0 Å². The van der Waals surface area contributed by atoms with E-state index in [0.717, 1.165) is 12.1 Å². The third-order valence-corrected chi connectivity index (χ3v) is 2.52. The van der Waals surface area contributed by atoms with E-state index in [1.165, 1.54) is 6.07 Å². The average Bonchev–Trinajstić information content (AvgIpc) is 2.41. The fraction of sp³-hybridized carbons (Fsp3) is 0.133. The van der Waals surface area contributed by atoms with Crippen LogP contribution in [0.2, 0.25) is 0 Å². The number of halogens is 1. The molecule has 0 atom stereocenters. The number of hydrogen-bond donors (Lipinski definition) is 1. The quantitative estimate of drug-likeness (QED) is 0.904. The van der Waals surface area contributed by atoms with Gasteiger partial charge in [0.25, 0.3) is 0 Å². The normalized spacial score (nSPS) is 10.1. The molecular weight excluding hydrogens is 263 g/mol. The van der Waals surface area contributed by atoms with Crippen LogP contribution in [-0.4, -0.2) is 17.7 Å². The third-order valence-electron chi connectivity index (χ3n) is 2.52. The molecule has 0 saturated heterocycles. The SMILES string of the molecule is CCOc1cccc(Oc2ccc(F)cc2C(=O)O)c1. The van der Waals surface area contributed by atoms with Gasteiger partial charge in [-0.05, 0) is 37.3 Å². The monoisotopic (exact) mass is 276 g/mol. The van der Waals surface area contributed by atoms with Crippen molar-refractivity contribution in [1.82, 2.24) is 0 Å². The molecule has 0 bridgehead atoms. The number of carboxylic acid groups (broad SMARTS) is 1. The Kier molecular flexibility index (Phi) is 4.20. The van der Waals surface area contributed by atoms with Crippen LogP contribution in [0.15, 0.2) is 42.5 Å². The van der Waals surface area contributed by atoms with E-state index in [9.17, 15) is 9.18 Å². The van der Waals surface area contributed by atoms with Gasteiger partial charge in [0.1, 0.15) is 28.6 Å². The van der Waals surface area contributed by atoms with Crippen molar-refractivity contribution in [2.45, 2.75) is 6.92 Å². The fourth-order valence-corrected chi connectivity index (χ4v) is 1.68. The minimum absolute atomic E-state index is 0.0764. The molecule has 0 heterocycles. The summed E-state index contributed by atoms with van der Waals surface area (Å²) in [7, 11) is 0. The molecule has 1 N–H and O–H groups in total. The highest BCUT2D eigenvalue weighted by Gasteiger charge is 2.13. The molecule has 2 aromatic rings. The minimum Gasteiger partial charge on any atom is -0.494 e. The van der Waals surface area contributed by atoms with E-state index in [-0.39, 0.29) is 11.3 Å². The maximum Gasteiger partial charge on any atom is 0.339 e. The highest BCUT2D eigenvalue weighted by atomic mass is 19.1. The summed E-state index contributed by atoms with van der Waals surface area (Å²) in [6.07, 6.45) is 0. The molecule has 0 aromatic heterocycles. The van der Waals surface area contributed by atoms with Crippen molar-refractivity contribution in [3.05, 3.63) is 53.8 Å². The van der Waals surface area contributed by atoms with E-state index in [2.05, 4.69) is 0 Å². The van der Waals surface area contributed by atoms with Crippen LogP contribution >= 0.6 is 0 Å². The Labute approximate surface area is 115 Å². The number of hydrogen-bond acceptors (Lipinski definition) is 3. The first-order valence-electron chi connectivity index (χ1n) is 6.03. The Bertz CT molecular complexity index is 625. The van der Waals surface area contributed by atoms with Crippen molar-refractivity contribution in [3.8, 4) is 17.2 Å². The molecule has 0 aliphatic carbocycles. The van der Waals surface area contributed by atoms with Crippen molar-refractivity contribution in [2.75, 3.05) is 6.61 Å². The molecule has 0 aliphatic rings. The van der Waals surface area contributed by atoms with Gasteiger partial charge in [-0.3, -0.25) is 0 Å². The molecule has 2 aromatic carbocycles. The van der Waals surface area contributed by atoms with Gasteiger partial charge in [-0.15, -0.1) is 0 Å². The highest BCUT2D eigenvalue weighted by molar-refractivity contribution is 5.91. The molecule has 0 unspecified atom stereocenters. The summed E-state index contributed by atoms with van der Waals surface area (Å²) >= 11 is 0. The Hall–Kier alpha value is -2.56. The Morgan fingerprint density at radius 1 is 1.20 bits per heavy atom. The lowest BCUT2D eigenvalue weighted by atomic mass is 10.2. The van der Waals surface area contributed by atoms with Crippen molar-refractivity contribution in [3.63, 3.8) is 0 Å². The molecule has 0 spiro atoms. The first-order valence-corrected chi connectivity index (χ1v) is 6.03. The lowest BCUT2D eigenvalue weighted by Crippen LogP contribution is -2.01. The zero-order valence-electron chi connectivity index (χ0n) is 10.8. The minimum atomic E-state index is -1.25. The molecule has 0 radical (unpaired) electrons. The summed E-state index contributed by atoms with van der Waals surface area (Å²) in [6, 6.07) is 10.1. The second kappa shape index (κ2) is 6.06. The fourth-order valence-electron chi connectivity index (χ4n) is 1.68. The zero-order valence-corrected chi connectivity index (χ0v) is 10.8. The van der Waals surface area contributed by atoms with Crippen molar-refractivity contribution in [2.24, 2.45) is 0 Å². The summed E-state index contributed by atoms with van der Waals surface area (Å²) in [5.41, 5.74) is -0.230. The predicted octanol–water partition coefficient (Wildman–Crippen LogP) is 3.71. The number of ether oxygens (including phenoxy) is 2. The summed E-state index contributed by atoms with van der Waals surface area (Å²) in [4.78, 5) is 11.1. The van der Waals surface area contributed by atoms with Crippen LogP contribution < -0.4 is 9.47 Å². The Balaban J connectivity index is 2.30. The summed E-state index contributed by atoms with van der Waals surface area (Å²) in [5.74, 6) is -0.764. The van der Waals surface area contributed by atoms with Crippen molar-refractivity contribution < 1.29 is 23.8 Å². The number of rotatable bonds is 5. The van der Waals surface area contributed by atoms with E-state index < -0.39 is 11.8 Å². The number of carboxylic acids is 1. The van der Waals surface area contributed by atoms with Gasteiger partial charge in [0.05, 0.1) is 6.61 Å². The van der Waals surface area contributed by atoms with Crippen LogP contribution in [0.1, 0.15) is 17.3 Å². The van der Waals surface area contributed by atoms with Crippen molar-refractivity contribution in [1.29, 1.82) is 0 Å². The molecule has 20 heavy (non-hydrogen) atoms. The second-order valence-electron chi connectivity index (χ2n) is 3.96. The number of aromatic carboxylic acids is 1. The Morgan fingerprint density at radius 2 is 1.95 bits per heavy atom. The first kappa shape index (κ1) is 13.9. The summed E-state index contributed by atoms with van der Waals surface area (Å²) in [5, 5.41) is 9.04. The molecule has 0 aliphatic heterocycles. The molecule has 5 heteroatoms. The lowest BCUT2D eigenvalue weighted by molar-refractivity contribution is 0.0693. The Morgan fingerprint density at radius 3 is 2.65 bits per heavy atom. The summed E-state index contributed by atoms with van der Waals surface area (Å²) in [6.45, 7) is 2.37. The standard InChI is InChI=1S/C15H13FO4/c1-2-19-11-4-3-5-12(9-11)20-14-7-6-10(16)8-13(14)15(17)18/h3-9H,2H2,1H3,(H,17,18). The highest BCUT2D eigenvalue weighted by Crippen LogP contribution is 2.28. The molecule has 0 fully saturated rings. The van der Waals surface area contributed by atoms with Crippen LogP contribution in [0, 0.1) is 5.82 Å². The van der Waals surface area contributed by atoms with E-state index in [1.54, 1.807) is 24.3 Å². The van der Waals surface area contributed by atoms with Gasteiger partial charge in [-0.2, -0.15) is 0 Å². The average molecular weight is 276 g/mol. The molecule has 0 amide bonds. The largest absolute Gasteiger partial charge is 0.494 e. The maximum atomic E-state index is 13.1. The summed E-state index contributed by atoms with van der Waals surface area (Å²) < 4.78 is 23.9. The molecule has 2 rings (SSSR count). The van der Waals surface area contributed by atoms with E-state index >= 15 is 0 Å². The van der Waals surface area contributed by atoms with E-state index in [4.69, 9.17) is 14.6 Å². The topological polar surface area (TPSA) is 55.8 Å². The first-order chi connectivity index (χ1) is 9.60. The van der Waals surface area contributed by atoms with Gasteiger partial charge in [-0.25, -0.2) is 9.18 Å². The van der Waals surface area contributed by atoms with Gasteiger partial charge in [-0.1, -0.05) is 6.07 Å². The van der Waals surface area contributed by atoms with Gasteiger partial charge >= 0.3 is 5.97 Å². The smallest absolute Gasteiger partial charge is 0.339 e. The van der Waals surface area contributed by atoms with Crippen molar-refractivity contribution >= 4 is 5.97 Å². The van der Waals surface area contributed by atoms with E-state index in [1.807, 2.05) is 6.92 Å². The maximum absolute atomic E-state index is 13.1. The van der Waals surface area contributed by atoms with Gasteiger partial charge in [0.15, 0.2) is 0 Å². The molecular formula is C15H13FO4. The van der Waals surface area contributed by atoms with Crippen LogP contribution in [-0.2, 0) is 0 Å². The van der Waals surface area contributed by atoms with E-state index in [0.29, 0.717) is 18.1 Å². The zero-order chi connectivity index (χ0) is 14.5. The third kappa shape index (κ3) is 3.26. The van der Waals surface area contributed by atoms with Crippen LogP contribution in [0.4, 0.5) is 4.39 Å². The second-order valence-corrected chi connectivity index (χ2v) is 3.96. The molecule has 104 valence electrons. The number of carbonyl (C=O) groups is 1. The molecule has 0 saturated carbocycles. The molecule has 4 nitrogen and oxygen atoms in total. The van der Waals surface area contributed by atoms with Gasteiger partial charge in [0, 0.05) is 6.07 Å². The van der Waals surface area contributed by atoms with Gasteiger partial charge in [0.2, 0.25) is 0 Å². The van der Waals surface area contributed by atoms with Crippen LogP contribution in [0.3, 0.4) is 0 Å². The lowest BCUT2D eigenvalue weighted by Gasteiger charge is -2.10. The predicted molar refractivity (Wildman–Crippen MR) is 71.0 cm³/mol. The van der Waals surface area contributed by atoms with Gasteiger partial charge < -0.3 is 14.6 Å².